The van der Waals surface area contributed by atoms with Crippen molar-refractivity contribution in [1.29, 1.82) is 0 Å². The van der Waals surface area contributed by atoms with Gasteiger partial charge < -0.3 is 4.90 Å². The van der Waals surface area contributed by atoms with Crippen LogP contribution in [0.2, 0.25) is 5.02 Å². The molecular weight excluding hydrogens is 340 g/mol. The van der Waals surface area contributed by atoms with Gasteiger partial charge in [-0.05, 0) is 42.8 Å². The average molecular weight is 357 g/mol. The number of hydrogen-bond donors (Lipinski definition) is 0. The van der Waals surface area contributed by atoms with Gasteiger partial charge in [-0.3, -0.25) is 4.79 Å². The third kappa shape index (κ3) is 3.66. The standard InChI is InChI=1S/C19H17ClN2OS/c1-13(19-21-16-8-3-4-9-17(16)24-19)22(2)18(23)11-10-14-6-5-7-15(20)12-14/h3-13H,1-2H3/b11-10+/t13-/m0/s1. The number of benzene rings is 2. The molecule has 0 aliphatic rings. The molecule has 3 aromatic rings. The molecule has 3 rings (SSSR count). The summed E-state index contributed by atoms with van der Waals surface area (Å²) in [6.07, 6.45) is 3.34. The van der Waals surface area contributed by atoms with Crippen LogP contribution in [0.3, 0.4) is 0 Å². The quantitative estimate of drug-likeness (QED) is 0.603. The summed E-state index contributed by atoms with van der Waals surface area (Å²) in [5, 5.41) is 1.59. The molecule has 24 heavy (non-hydrogen) atoms. The van der Waals surface area contributed by atoms with Crippen molar-refractivity contribution in [3.63, 3.8) is 0 Å². The Labute approximate surface area is 150 Å². The van der Waals surface area contributed by atoms with Gasteiger partial charge in [0.05, 0.1) is 16.3 Å². The van der Waals surface area contributed by atoms with Crippen molar-refractivity contribution in [2.75, 3.05) is 7.05 Å². The molecule has 3 nitrogen and oxygen atoms in total. The van der Waals surface area contributed by atoms with E-state index >= 15 is 0 Å². The molecule has 0 fully saturated rings. The van der Waals surface area contributed by atoms with Crippen molar-refractivity contribution < 1.29 is 4.79 Å². The molecule has 1 heterocycles. The van der Waals surface area contributed by atoms with Crippen molar-refractivity contribution in [2.45, 2.75) is 13.0 Å². The topological polar surface area (TPSA) is 33.2 Å². The Bertz CT molecular complexity index is 870. The van der Waals surface area contributed by atoms with Crippen molar-refractivity contribution in [2.24, 2.45) is 0 Å². The second kappa shape index (κ2) is 7.16. The molecule has 0 N–H and O–H groups in total. The summed E-state index contributed by atoms with van der Waals surface area (Å²) in [6.45, 7) is 1.99. The highest BCUT2D eigenvalue weighted by Crippen LogP contribution is 2.28. The van der Waals surface area contributed by atoms with E-state index in [1.165, 1.54) is 0 Å². The second-order valence-corrected chi connectivity index (χ2v) is 7.03. The summed E-state index contributed by atoms with van der Waals surface area (Å²) in [5.41, 5.74) is 1.87. The number of halogens is 1. The maximum Gasteiger partial charge on any atom is 0.246 e. The maximum atomic E-state index is 12.4. The summed E-state index contributed by atoms with van der Waals surface area (Å²) < 4.78 is 1.13. The molecule has 0 bridgehead atoms. The van der Waals surface area contributed by atoms with Gasteiger partial charge in [-0.25, -0.2) is 4.98 Å². The van der Waals surface area contributed by atoms with Crippen molar-refractivity contribution >= 4 is 45.1 Å². The molecule has 122 valence electrons. The number of likely N-dealkylation sites (N-methyl/N-ethyl adjacent to an activating group) is 1. The van der Waals surface area contributed by atoms with Crippen LogP contribution in [0.5, 0.6) is 0 Å². The second-order valence-electron chi connectivity index (χ2n) is 5.53. The number of aromatic nitrogens is 1. The Morgan fingerprint density at radius 1 is 1.25 bits per heavy atom. The van der Waals surface area contributed by atoms with Crippen molar-refractivity contribution in [3.8, 4) is 0 Å². The minimum absolute atomic E-state index is 0.0678. The minimum atomic E-state index is -0.0843. The maximum absolute atomic E-state index is 12.4. The first kappa shape index (κ1) is 16.7. The molecule has 2 aromatic carbocycles. The summed E-state index contributed by atoms with van der Waals surface area (Å²) in [7, 11) is 1.79. The fourth-order valence-electron chi connectivity index (χ4n) is 2.32. The molecule has 1 amide bonds. The Hall–Kier alpha value is -2.17. The molecule has 1 atom stereocenters. The normalized spacial score (nSPS) is 12.6. The van der Waals surface area contributed by atoms with Gasteiger partial charge in [-0.2, -0.15) is 0 Å². The number of carbonyl (C=O) groups is 1. The van der Waals surface area contributed by atoms with E-state index in [4.69, 9.17) is 11.6 Å². The van der Waals surface area contributed by atoms with Crippen LogP contribution in [0, 0.1) is 0 Å². The Morgan fingerprint density at radius 2 is 2.04 bits per heavy atom. The number of amides is 1. The molecule has 0 spiro atoms. The van der Waals surface area contributed by atoms with E-state index in [2.05, 4.69) is 4.98 Å². The highest BCUT2D eigenvalue weighted by molar-refractivity contribution is 7.18. The van der Waals surface area contributed by atoms with Gasteiger partial charge in [0.1, 0.15) is 5.01 Å². The lowest BCUT2D eigenvalue weighted by atomic mass is 10.2. The average Bonchev–Trinajstić information content (AvgIpc) is 3.02. The zero-order valence-electron chi connectivity index (χ0n) is 13.4. The third-order valence-corrected chi connectivity index (χ3v) is 5.31. The number of para-hydroxylation sites is 1. The van der Waals surface area contributed by atoms with E-state index in [1.807, 2.05) is 55.5 Å². The summed E-state index contributed by atoms with van der Waals surface area (Å²) in [6, 6.07) is 15.3. The molecule has 0 unspecified atom stereocenters. The number of hydrogen-bond acceptors (Lipinski definition) is 3. The predicted octanol–water partition coefficient (Wildman–Crippen LogP) is 5.18. The minimum Gasteiger partial charge on any atom is -0.333 e. The van der Waals surface area contributed by atoms with Gasteiger partial charge in [-0.1, -0.05) is 35.9 Å². The highest BCUT2D eigenvalue weighted by Gasteiger charge is 2.19. The monoisotopic (exact) mass is 356 g/mol. The number of fused-ring (bicyclic) bond motifs is 1. The van der Waals surface area contributed by atoms with Crippen LogP contribution >= 0.6 is 22.9 Å². The lowest BCUT2D eigenvalue weighted by Gasteiger charge is -2.21. The fraction of sp³-hybridized carbons (Fsp3) is 0.158. The molecular formula is C19H17ClN2OS. The molecule has 0 aliphatic heterocycles. The Morgan fingerprint density at radius 3 is 2.79 bits per heavy atom. The molecule has 0 saturated carbocycles. The number of thiazole rings is 1. The van der Waals surface area contributed by atoms with Crippen LogP contribution in [-0.2, 0) is 4.79 Å². The van der Waals surface area contributed by atoms with Crippen LogP contribution in [0.15, 0.2) is 54.6 Å². The molecule has 0 saturated heterocycles. The van der Waals surface area contributed by atoms with E-state index in [1.54, 1.807) is 35.4 Å². The summed E-state index contributed by atoms with van der Waals surface area (Å²) >= 11 is 7.58. The first-order chi connectivity index (χ1) is 11.5. The third-order valence-electron chi connectivity index (χ3n) is 3.86. The lowest BCUT2D eigenvalue weighted by Crippen LogP contribution is -2.27. The Balaban J connectivity index is 1.74. The fourth-order valence-corrected chi connectivity index (χ4v) is 3.58. The van der Waals surface area contributed by atoms with E-state index in [0.29, 0.717) is 5.02 Å². The SMILES string of the molecule is C[C@@H](c1nc2ccccc2s1)N(C)C(=O)/C=C/c1cccc(Cl)c1. The van der Waals surface area contributed by atoms with E-state index < -0.39 is 0 Å². The molecule has 1 aromatic heterocycles. The first-order valence-corrected chi connectivity index (χ1v) is 8.80. The van der Waals surface area contributed by atoms with Gasteiger partial charge >= 0.3 is 0 Å². The van der Waals surface area contributed by atoms with Crippen LogP contribution in [0.4, 0.5) is 0 Å². The smallest absolute Gasteiger partial charge is 0.246 e. The van der Waals surface area contributed by atoms with Crippen molar-refractivity contribution in [1.82, 2.24) is 9.88 Å². The van der Waals surface area contributed by atoms with E-state index in [9.17, 15) is 4.79 Å². The number of rotatable bonds is 4. The van der Waals surface area contributed by atoms with Gasteiger partial charge in [0.2, 0.25) is 5.91 Å². The zero-order valence-corrected chi connectivity index (χ0v) is 15.0. The number of carbonyl (C=O) groups excluding carboxylic acids is 1. The van der Waals surface area contributed by atoms with Gasteiger partial charge in [0.25, 0.3) is 0 Å². The summed E-state index contributed by atoms with van der Waals surface area (Å²) in [4.78, 5) is 18.7. The van der Waals surface area contributed by atoms with Gasteiger partial charge in [-0.15, -0.1) is 11.3 Å². The molecule has 0 aliphatic carbocycles. The van der Waals surface area contributed by atoms with Crippen LogP contribution < -0.4 is 0 Å². The van der Waals surface area contributed by atoms with Crippen LogP contribution in [0.1, 0.15) is 23.5 Å². The lowest BCUT2D eigenvalue weighted by molar-refractivity contribution is -0.126. The molecule has 5 heteroatoms. The first-order valence-electron chi connectivity index (χ1n) is 7.60. The van der Waals surface area contributed by atoms with Crippen molar-refractivity contribution in [3.05, 3.63) is 70.2 Å². The van der Waals surface area contributed by atoms with E-state index in [0.717, 1.165) is 20.8 Å². The largest absolute Gasteiger partial charge is 0.333 e. The summed E-state index contributed by atoms with van der Waals surface area (Å²) in [5.74, 6) is -0.0678. The van der Waals surface area contributed by atoms with Gasteiger partial charge in [0, 0.05) is 18.1 Å². The molecule has 0 radical (unpaired) electrons. The Kier molecular flexibility index (Phi) is 4.97. The van der Waals surface area contributed by atoms with Crippen LogP contribution in [0.25, 0.3) is 16.3 Å². The van der Waals surface area contributed by atoms with Crippen LogP contribution in [-0.4, -0.2) is 22.8 Å². The van der Waals surface area contributed by atoms with E-state index in [-0.39, 0.29) is 11.9 Å². The number of nitrogens with zero attached hydrogens (tertiary/aromatic N) is 2. The zero-order chi connectivity index (χ0) is 17.1. The van der Waals surface area contributed by atoms with Gasteiger partial charge in [0.15, 0.2) is 0 Å². The predicted molar refractivity (Wildman–Crippen MR) is 101 cm³/mol. The highest BCUT2D eigenvalue weighted by atomic mass is 35.5.